The number of hydrogen-bond acceptors (Lipinski definition) is 5. The van der Waals surface area contributed by atoms with Crippen LogP contribution in [0.2, 0.25) is 0 Å². The lowest BCUT2D eigenvalue weighted by atomic mass is 10.0. The van der Waals surface area contributed by atoms with Gasteiger partial charge >= 0.3 is 0 Å². The maximum absolute atomic E-state index is 9.14. The summed E-state index contributed by atoms with van der Waals surface area (Å²) in [6, 6.07) is 9.97. The second kappa shape index (κ2) is 7.94. The molecule has 0 aliphatic rings. The number of nitrogens with one attached hydrogen (secondary N) is 1. The molecule has 0 atom stereocenters. The zero-order valence-electron chi connectivity index (χ0n) is 12.5. The first-order chi connectivity index (χ1) is 10.7. The number of rotatable bonds is 6. The molecule has 1 N–H and O–H groups in total. The standard InChI is InChI=1S/C16H17IN4O/c1-3-12(4-2)15-20-14(9-18)16(22-15)21-19-10-11-5-7-13(17)8-6-11/h5-8,10,12,21H,3-4H2,1-2H3/b19-10+. The van der Waals surface area contributed by atoms with Crippen LogP contribution in [-0.2, 0) is 0 Å². The van der Waals surface area contributed by atoms with Crippen LogP contribution in [0.1, 0.15) is 49.8 Å². The molecule has 1 aromatic carbocycles. The van der Waals surface area contributed by atoms with E-state index < -0.39 is 0 Å². The van der Waals surface area contributed by atoms with Crippen LogP contribution in [0.15, 0.2) is 33.8 Å². The summed E-state index contributed by atoms with van der Waals surface area (Å²) in [5.74, 6) is 1.11. The summed E-state index contributed by atoms with van der Waals surface area (Å²) in [6.45, 7) is 4.15. The van der Waals surface area contributed by atoms with Crippen molar-refractivity contribution in [2.75, 3.05) is 5.43 Å². The van der Waals surface area contributed by atoms with E-state index in [4.69, 9.17) is 9.68 Å². The molecular formula is C16H17IN4O. The molecule has 0 aliphatic carbocycles. The van der Waals surface area contributed by atoms with Crippen molar-refractivity contribution in [1.82, 2.24) is 4.98 Å². The molecule has 114 valence electrons. The first-order valence-electron chi connectivity index (χ1n) is 7.13. The molecule has 0 saturated heterocycles. The quantitative estimate of drug-likeness (QED) is 0.434. The fourth-order valence-corrected chi connectivity index (χ4v) is 2.37. The molecule has 22 heavy (non-hydrogen) atoms. The number of nitriles is 1. The van der Waals surface area contributed by atoms with Gasteiger partial charge in [-0.15, -0.1) is 0 Å². The van der Waals surface area contributed by atoms with Crippen molar-refractivity contribution in [2.45, 2.75) is 32.6 Å². The van der Waals surface area contributed by atoms with Gasteiger partial charge in [0, 0.05) is 9.49 Å². The Labute approximate surface area is 143 Å². The van der Waals surface area contributed by atoms with Crippen molar-refractivity contribution in [3.63, 3.8) is 0 Å². The van der Waals surface area contributed by atoms with Crippen LogP contribution in [0, 0.1) is 14.9 Å². The summed E-state index contributed by atoms with van der Waals surface area (Å²) in [4.78, 5) is 4.24. The predicted molar refractivity (Wildman–Crippen MR) is 94.9 cm³/mol. The van der Waals surface area contributed by atoms with Gasteiger partial charge in [0.1, 0.15) is 6.07 Å². The summed E-state index contributed by atoms with van der Waals surface area (Å²) < 4.78 is 6.81. The van der Waals surface area contributed by atoms with E-state index in [0.717, 1.165) is 18.4 Å². The number of benzene rings is 1. The van der Waals surface area contributed by atoms with E-state index in [9.17, 15) is 0 Å². The van der Waals surface area contributed by atoms with Gasteiger partial charge in [0.25, 0.3) is 5.88 Å². The molecule has 1 heterocycles. The Hall–Kier alpha value is -1.88. The Morgan fingerprint density at radius 3 is 2.64 bits per heavy atom. The maximum atomic E-state index is 9.14. The Morgan fingerprint density at radius 2 is 2.05 bits per heavy atom. The smallest absolute Gasteiger partial charge is 0.252 e. The molecule has 6 heteroatoms. The molecule has 0 spiro atoms. The highest BCUT2D eigenvalue weighted by molar-refractivity contribution is 14.1. The minimum absolute atomic E-state index is 0.225. The normalized spacial score (nSPS) is 11.0. The van der Waals surface area contributed by atoms with Gasteiger partial charge < -0.3 is 4.42 Å². The lowest BCUT2D eigenvalue weighted by Crippen LogP contribution is -1.95. The van der Waals surface area contributed by atoms with Crippen molar-refractivity contribution >= 4 is 34.7 Å². The summed E-state index contributed by atoms with van der Waals surface area (Å²) in [7, 11) is 0. The summed E-state index contributed by atoms with van der Waals surface area (Å²) in [5.41, 5.74) is 3.97. The van der Waals surface area contributed by atoms with E-state index in [1.54, 1.807) is 6.21 Å². The topological polar surface area (TPSA) is 74.2 Å². The molecule has 0 amide bonds. The van der Waals surface area contributed by atoms with Gasteiger partial charge in [-0.1, -0.05) is 26.0 Å². The largest absolute Gasteiger partial charge is 0.422 e. The maximum Gasteiger partial charge on any atom is 0.252 e. The summed E-state index contributed by atoms with van der Waals surface area (Å²) in [5, 5.41) is 13.3. The molecule has 2 rings (SSSR count). The highest BCUT2D eigenvalue weighted by atomic mass is 127. The van der Waals surface area contributed by atoms with Crippen LogP contribution in [-0.4, -0.2) is 11.2 Å². The average Bonchev–Trinajstić information content (AvgIpc) is 2.94. The average molecular weight is 408 g/mol. The van der Waals surface area contributed by atoms with Gasteiger partial charge in [0.2, 0.25) is 11.6 Å². The van der Waals surface area contributed by atoms with Crippen LogP contribution >= 0.6 is 22.6 Å². The van der Waals surface area contributed by atoms with Crippen molar-refractivity contribution in [2.24, 2.45) is 5.10 Å². The number of halogens is 1. The van der Waals surface area contributed by atoms with E-state index in [0.29, 0.717) is 11.8 Å². The molecule has 0 saturated carbocycles. The number of aromatic nitrogens is 1. The van der Waals surface area contributed by atoms with Crippen molar-refractivity contribution in [3.05, 3.63) is 45.0 Å². The number of oxazole rings is 1. The second-order valence-electron chi connectivity index (χ2n) is 4.78. The molecule has 2 aromatic rings. The molecule has 5 nitrogen and oxygen atoms in total. The van der Waals surface area contributed by atoms with Crippen LogP contribution in [0.3, 0.4) is 0 Å². The van der Waals surface area contributed by atoms with Gasteiger partial charge in [-0.2, -0.15) is 10.4 Å². The minimum atomic E-state index is 0.225. The molecule has 0 radical (unpaired) electrons. The monoisotopic (exact) mass is 408 g/mol. The SMILES string of the molecule is CCC(CC)c1nc(C#N)c(N/N=C/c2ccc(I)cc2)o1. The lowest BCUT2D eigenvalue weighted by molar-refractivity contribution is 0.439. The Balaban J connectivity index is 2.12. The second-order valence-corrected chi connectivity index (χ2v) is 6.02. The molecule has 0 unspecified atom stereocenters. The van der Waals surface area contributed by atoms with Crippen LogP contribution in [0.25, 0.3) is 0 Å². The van der Waals surface area contributed by atoms with Crippen LogP contribution in [0.4, 0.5) is 5.88 Å². The molecule has 1 aromatic heterocycles. The van der Waals surface area contributed by atoms with E-state index >= 15 is 0 Å². The number of nitrogens with zero attached hydrogens (tertiary/aromatic N) is 3. The van der Waals surface area contributed by atoms with Crippen molar-refractivity contribution in [3.8, 4) is 6.07 Å². The van der Waals surface area contributed by atoms with Crippen molar-refractivity contribution in [1.29, 1.82) is 5.26 Å². The number of anilines is 1. The van der Waals surface area contributed by atoms with Gasteiger partial charge in [-0.05, 0) is 53.1 Å². The Kier molecular flexibility index (Phi) is 5.95. The minimum Gasteiger partial charge on any atom is -0.422 e. The highest BCUT2D eigenvalue weighted by Gasteiger charge is 2.18. The van der Waals surface area contributed by atoms with E-state index in [1.165, 1.54) is 3.57 Å². The number of hydrogen-bond donors (Lipinski definition) is 1. The fraction of sp³-hybridized carbons (Fsp3) is 0.312. The third-order valence-electron chi connectivity index (χ3n) is 3.33. The van der Waals surface area contributed by atoms with Gasteiger partial charge in [-0.25, -0.2) is 10.4 Å². The first kappa shape index (κ1) is 16.5. The van der Waals surface area contributed by atoms with Gasteiger partial charge in [0.15, 0.2) is 0 Å². The molecular weight excluding hydrogens is 391 g/mol. The third-order valence-corrected chi connectivity index (χ3v) is 4.05. The van der Waals surface area contributed by atoms with Crippen LogP contribution in [0.5, 0.6) is 0 Å². The summed E-state index contributed by atoms with van der Waals surface area (Å²) >= 11 is 2.25. The predicted octanol–water partition coefficient (Wildman–Crippen LogP) is 4.50. The Bertz CT molecular complexity index is 681. The van der Waals surface area contributed by atoms with Crippen molar-refractivity contribution < 1.29 is 4.42 Å². The molecule has 0 aliphatic heterocycles. The highest BCUT2D eigenvalue weighted by Crippen LogP contribution is 2.27. The molecule has 0 fully saturated rings. The van der Waals surface area contributed by atoms with Gasteiger partial charge in [0.05, 0.1) is 6.21 Å². The summed E-state index contributed by atoms with van der Waals surface area (Å²) in [6.07, 6.45) is 3.52. The third kappa shape index (κ3) is 4.07. The van der Waals surface area contributed by atoms with Crippen LogP contribution < -0.4 is 5.43 Å². The number of hydrazone groups is 1. The zero-order chi connectivity index (χ0) is 15.9. The van der Waals surface area contributed by atoms with Gasteiger partial charge in [-0.3, -0.25) is 0 Å². The van der Waals surface area contributed by atoms with E-state index in [-0.39, 0.29) is 11.6 Å². The van der Waals surface area contributed by atoms with E-state index in [2.05, 4.69) is 51.9 Å². The molecule has 0 bridgehead atoms. The Morgan fingerprint density at radius 1 is 1.36 bits per heavy atom. The zero-order valence-corrected chi connectivity index (χ0v) is 14.7. The fourth-order valence-electron chi connectivity index (χ4n) is 2.02. The first-order valence-corrected chi connectivity index (χ1v) is 8.21. The lowest BCUT2D eigenvalue weighted by Gasteiger charge is -2.05. The van der Waals surface area contributed by atoms with E-state index in [1.807, 2.05) is 30.3 Å².